The van der Waals surface area contributed by atoms with Crippen LogP contribution in [0.2, 0.25) is 0 Å². The third-order valence-corrected chi connectivity index (χ3v) is 12.1. The van der Waals surface area contributed by atoms with E-state index in [1.807, 2.05) is 9.80 Å². The maximum atomic E-state index is 14.6. The topological polar surface area (TPSA) is 177 Å². The maximum absolute atomic E-state index is 14.6. The number of anilines is 3. The highest BCUT2D eigenvalue weighted by Gasteiger charge is 2.53. The molecule has 2 aromatic rings. The molecule has 16 heteroatoms. The molecule has 6 heterocycles. The number of likely N-dealkylation sites (N-methyl/N-ethyl adjacent to an activating group) is 1. The predicted molar refractivity (Wildman–Crippen MR) is 186 cm³/mol. The lowest BCUT2D eigenvalue weighted by molar-refractivity contribution is -0.124. The van der Waals surface area contributed by atoms with Gasteiger partial charge in [-0.05, 0) is 44.2 Å². The summed E-state index contributed by atoms with van der Waals surface area (Å²) >= 11 is 8.15. The van der Waals surface area contributed by atoms with E-state index in [1.165, 1.54) is 16.2 Å². The van der Waals surface area contributed by atoms with Crippen molar-refractivity contribution in [2.45, 2.75) is 55.7 Å². The van der Waals surface area contributed by atoms with Gasteiger partial charge < -0.3 is 30.9 Å². The number of halogens is 2. The highest BCUT2D eigenvalue weighted by atomic mass is 35.5. The van der Waals surface area contributed by atoms with E-state index in [9.17, 15) is 19.7 Å². The van der Waals surface area contributed by atoms with E-state index >= 15 is 0 Å². The van der Waals surface area contributed by atoms with Crippen LogP contribution >= 0.6 is 22.9 Å². The van der Waals surface area contributed by atoms with E-state index in [2.05, 4.69) is 22.0 Å². The second-order valence-electron chi connectivity index (χ2n) is 13.9. The maximum Gasteiger partial charge on any atom is 0.320 e. The molecule has 7 rings (SSSR count). The molecule has 0 saturated carbocycles. The van der Waals surface area contributed by atoms with Crippen LogP contribution < -0.4 is 26.0 Å². The van der Waals surface area contributed by atoms with Crippen molar-refractivity contribution < 1.29 is 13.9 Å². The highest BCUT2D eigenvalue weighted by Crippen LogP contribution is 2.53. The summed E-state index contributed by atoms with van der Waals surface area (Å²) in [6.45, 7) is 3.66. The normalized spacial score (nSPS) is 24.7. The largest absolute Gasteiger partial charge is 0.461 e. The number of ether oxygens (including phenoxy) is 1. The van der Waals surface area contributed by atoms with Crippen molar-refractivity contribution in [1.82, 2.24) is 19.8 Å². The highest BCUT2D eigenvalue weighted by molar-refractivity contribution is 7.16. The fraction of sp³-hybridized carbons (Fsp3) is 0.576. The first-order chi connectivity index (χ1) is 23.5. The molecule has 1 spiro atoms. The van der Waals surface area contributed by atoms with E-state index in [0.717, 1.165) is 42.7 Å². The molecule has 258 valence electrons. The summed E-state index contributed by atoms with van der Waals surface area (Å²) in [5.74, 6) is 0.364. The second kappa shape index (κ2) is 12.6. The number of carbonyl (C=O) groups excluding carboxylic acids is 1. The van der Waals surface area contributed by atoms with Crippen LogP contribution in [0.3, 0.4) is 0 Å². The summed E-state index contributed by atoms with van der Waals surface area (Å²) in [6.07, 6.45) is 3.66. The monoisotopic (exact) mass is 707 g/mol. The Hall–Kier alpha value is -4.18. The molecule has 2 atom stereocenters. The van der Waals surface area contributed by atoms with Crippen molar-refractivity contribution in [2.75, 3.05) is 82.0 Å². The van der Waals surface area contributed by atoms with Gasteiger partial charge in [-0.3, -0.25) is 14.7 Å². The first-order valence-corrected chi connectivity index (χ1v) is 17.7. The number of amides is 1. The molecule has 4 aliphatic heterocycles. The molecule has 0 aromatic carbocycles. The van der Waals surface area contributed by atoms with E-state index in [1.54, 1.807) is 14.1 Å². The summed E-state index contributed by atoms with van der Waals surface area (Å²) in [4.78, 5) is 35.5. The smallest absolute Gasteiger partial charge is 0.320 e. The summed E-state index contributed by atoms with van der Waals surface area (Å²) in [5, 5.41) is 21.2. The quantitative estimate of drug-likeness (QED) is 0.405. The number of nitrogens with two attached hydrogens (primary N) is 2. The van der Waals surface area contributed by atoms with Crippen LogP contribution in [0.5, 0.6) is 6.01 Å². The van der Waals surface area contributed by atoms with Gasteiger partial charge in [0.05, 0.1) is 28.4 Å². The number of rotatable bonds is 7. The van der Waals surface area contributed by atoms with Gasteiger partial charge in [-0.15, -0.1) is 11.3 Å². The number of nitriles is 2. The van der Waals surface area contributed by atoms with Gasteiger partial charge in [0.25, 0.3) is 5.91 Å². The zero-order valence-electron chi connectivity index (χ0n) is 27.6. The number of carbonyl (C=O) groups is 1. The van der Waals surface area contributed by atoms with E-state index in [4.69, 9.17) is 37.8 Å². The number of aromatic nitrogens is 2. The number of nitrogen functional groups attached to an aromatic ring is 1. The third-order valence-electron chi connectivity index (χ3n) is 10.6. The van der Waals surface area contributed by atoms with E-state index < -0.39 is 17.6 Å². The number of aryl methyl sites for hydroxylation is 1. The first kappa shape index (κ1) is 33.3. The number of alkyl halides is 1. The summed E-state index contributed by atoms with van der Waals surface area (Å²) in [6, 6.07) is 4.78. The zero-order chi connectivity index (χ0) is 34.7. The molecule has 5 aliphatic rings. The molecule has 0 bridgehead atoms. The Labute approximate surface area is 293 Å². The molecule has 1 unspecified atom stereocenters. The molecule has 2 aromatic heterocycles. The molecule has 13 nitrogen and oxygen atoms in total. The Bertz CT molecular complexity index is 1840. The summed E-state index contributed by atoms with van der Waals surface area (Å²) in [5.41, 5.74) is 13.9. The van der Waals surface area contributed by atoms with Crippen molar-refractivity contribution in [1.29, 1.82) is 10.5 Å². The molecule has 1 amide bonds. The summed E-state index contributed by atoms with van der Waals surface area (Å²) < 4.78 is 20.9. The predicted octanol–water partition coefficient (Wildman–Crippen LogP) is 2.67. The molecule has 3 saturated heterocycles. The molecule has 1 aliphatic carbocycles. The summed E-state index contributed by atoms with van der Waals surface area (Å²) in [7, 11) is 3.18. The van der Waals surface area contributed by atoms with Crippen LogP contribution in [0.1, 0.15) is 53.7 Å². The van der Waals surface area contributed by atoms with Crippen LogP contribution in [0, 0.1) is 22.7 Å². The SMILES string of the molecule is CN(C)C(=O)/C(N)=C(\Cl)C1=NCCCN(c2nc(OC[C@@]34CCCN3CC(F)C4)nc(N3CC4(CCc5sc(N)c(C#N)c54)C3)c2C#N)C1. The zero-order valence-corrected chi connectivity index (χ0v) is 29.2. The molecule has 4 N–H and O–H groups in total. The van der Waals surface area contributed by atoms with Crippen molar-refractivity contribution in [2.24, 2.45) is 10.7 Å². The van der Waals surface area contributed by atoms with Crippen LogP contribution in [-0.4, -0.2) is 110 Å². The second-order valence-corrected chi connectivity index (χ2v) is 15.4. The molecular weight excluding hydrogens is 669 g/mol. The molecule has 49 heavy (non-hydrogen) atoms. The van der Waals surface area contributed by atoms with Crippen molar-refractivity contribution in [3.63, 3.8) is 0 Å². The Kier molecular flexibility index (Phi) is 8.58. The van der Waals surface area contributed by atoms with Crippen molar-refractivity contribution in [3.8, 4) is 18.1 Å². The minimum absolute atomic E-state index is 0.0577. The fourth-order valence-corrected chi connectivity index (χ4v) is 9.60. The fourth-order valence-electron chi connectivity index (χ4n) is 8.26. The first-order valence-electron chi connectivity index (χ1n) is 16.6. The van der Waals surface area contributed by atoms with Crippen molar-refractivity contribution >= 4 is 51.2 Å². The molecule has 3 fully saturated rings. The van der Waals surface area contributed by atoms with Gasteiger partial charge in [0, 0.05) is 63.5 Å². The van der Waals surface area contributed by atoms with E-state index in [-0.39, 0.29) is 40.9 Å². The van der Waals surface area contributed by atoms with Crippen molar-refractivity contribution in [3.05, 3.63) is 32.3 Å². The van der Waals surface area contributed by atoms with Crippen LogP contribution in [-0.2, 0) is 16.6 Å². The average Bonchev–Trinajstić information content (AvgIpc) is 3.74. The van der Waals surface area contributed by atoms with Crippen LogP contribution in [0.4, 0.5) is 21.0 Å². The van der Waals surface area contributed by atoms with Gasteiger partial charge >= 0.3 is 6.01 Å². The van der Waals surface area contributed by atoms with Gasteiger partial charge in [-0.1, -0.05) is 11.6 Å². The number of thiophene rings is 1. The minimum Gasteiger partial charge on any atom is -0.461 e. The van der Waals surface area contributed by atoms with Gasteiger partial charge in [0.1, 0.15) is 41.2 Å². The minimum atomic E-state index is -0.908. The average molecular weight is 708 g/mol. The Morgan fingerprint density at radius 3 is 2.59 bits per heavy atom. The van der Waals surface area contributed by atoms with Crippen LogP contribution in [0.15, 0.2) is 15.7 Å². The van der Waals surface area contributed by atoms with Gasteiger partial charge in [0.15, 0.2) is 11.6 Å². The van der Waals surface area contributed by atoms with Gasteiger partial charge in [-0.25, -0.2) is 4.39 Å². The number of hydrogen-bond acceptors (Lipinski definition) is 13. The lowest BCUT2D eigenvalue weighted by Crippen LogP contribution is -2.59. The number of nitrogens with zero attached hydrogens (tertiary/aromatic N) is 9. The lowest BCUT2D eigenvalue weighted by atomic mass is 9.74. The number of hydrogen-bond donors (Lipinski definition) is 2. The number of fused-ring (bicyclic) bond motifs is 3. The van der Waals surface area contributed by atoms with Gasteiger partial charge in [0.2, 0.25) is 0 Å². The van der Waals surface area contributed by atoms with Crippen LogP contribution in [0.25, 0.3) is 0 Å². The van der Waals surface area contributed by atoms with Gasteiger partial charge in [-0.2, -0.15) is 20.5 Å². The van der Waals surface area contributed by atoms with E-state index in [0.29, 0.717) is 73.5 Å². The third kappa shape index (κ3) is 5.62. The lowest BCUT2D eigenvalue weighted by Gasteiger charge is -2.49. The Morgan fingerprint density at radius 2 is 1.88 bits per heavy atom. The number of aliphatic imine (C=N–C) groups is 1. The Balaban J connectivity index is 1.24. The Morgan fingerprint density at radius 1 is 1.14 bits per heavy atom. The standard InChI is InChI=1S/C33H39ClFN11O2S/c1-43(2)30(47)26(38)25(34)22-15-44(9-4-8-40-22)28-21(13-37)29(42-31(41-28)48-18-33-6-3-10-46(33)14-19(35)11-33)45-16-32(17-45)7-5-23-24(32)20(12-36)27(39)49-23/h19H,3-11,14-18,38-39H2,1-2H3/b26-25+/t19?,33-/m0/s1. The molecule has 0 radical (unpaired) electrons. The molecular formula is C33H39ClFN11O2S.